The second-order valence-electron chi connectivity index (χ2n) is 9.28. The molecule has 0 aliphatic heterocycles. The first-order valence-electron chi connectivity index (χ1n) is 12.4. The fourth-order valence-electron chi connectivity index (χ4n) is 3.87. The van der Waals surface area contributed by atoms with E-state index >= 15 is 0 Å². The first kappa shape index (κ1) is 28.4. The highest BCUT2D eigenvalue weighted by Gasteiger charge is 2.26. The van der Waals surface area contributed by atoms with Gasteiger partial charge >= 0.3 is 0 Å². The van der Waals surface area contributed by atoms with Crippen LogP contribution in [0.2, 0.25) is 0 Å². The molecule has 5 nitrogen and oxygen atoms in total. The number of unbranched alkanes of at least 4 members (excludes halogenated alkanes) is 2. The monoisotopic (exact) mass is 497 g/mol. The molecule has 0 heterocycles. The summed E-state index contributed by atoms with van der Waals surface area (Å²) in [6.45, 7) is 8.25. The van der Waals surface area contributed by atoms with Gasteiger partial charge in [-0.2, -0.15) is 0 Å². The van der Waals surface area contributed by atoms with Crippen LogP contribution in [0.3, 0.4) is 0 Å². The minimum atomic E-state index is -4.24. The highest BCUT2D eigenvalue weighted by atomic mass is 32.2. The van der Waals surface area contributed by atoms with Crippen molar-refractivity contribution in [2.45, 2.75) is 84.0 Å². The number of carbonyl (C=O) groups is 1. The van der Waals surface area contributed by atoms with Crippen LogP contribution in [0.15, 0.2) is 70.7 Å². The molecule has 190 valence electrons. The molecule has 2 aromatic rings. The Hall–Kier alpha value is -2.86. The maximum atomic E-state index is 13.3. The van der Waals surface area contributed by atoms with Gasteiger partial charge in [0.05, 0.1) is 6.42 Å². The summed E-state index contributed by atoms with van der Waals surface area (Å²) in [7, 11) is -4.24. The lowest BCUT2D eigenvalue weighted by Crippen LogP contribution is -2.32. The number of rotatable bonds is 13. The van der Waals surface area contributed by atoms with Gasteiger partial charge in [-0.25, -0.2) is 13.1 Å². The first-order chi connectivity index (χ1) is 16.6. The smallest absolute Gasteiger partial charge is 0.268 e. The van der Waals surface area contributed by atoms with Gasteiger partial charge in [0.15, 0.2) is 0 Å². The van der Waals surface area contributed by atoms with E-state index in [0.717, 1.165) is 37.7 Å². The Morgan fingerprint density at radius 1 is 0.971 bits per heavy atom. The summed E-state index contributed by atoms with van der Waals surface area (Å²) in [5.41, 5.74) is 4.23. The summed E-state index contributed by atoms with van der Waals surface area (Å²) >= 11 is 0. The minimum absolute atomic E-state index is 0.0562. The molecule has 2 rings (SSSR count). The molecular weight excluding hydrogens is 458 g/mol. The molecule has 35 heavy (non-hydrogen) atoms. The van der Waals surface area contributed by atoms with E-state index < -0.39 is 15.9 Å². The second-order valence-corrected chi connectivity index (χ2v) is 10.9. The largest absolute Gasteiger partial charge is 0.506 e. The number of benzene rings is 2. The zero-order valence-corrected chi connectivity index (χ0v) is 22.2. The van der Waals surface area contributed by atoms with Crippen LogP contribution in [-0.4, -0.2) is 19.4 Å². The van der Waals surface area contributed by atoms with E-state index in [1.165, 1.54) is 11.1 Å². The molecule has 0 aliphatic carbocycles. The molecule has 0 aromatic heterocycles. The Balaban J connectivity index is 2.30. The van der Waals surface area contributed by atoms with E-state index in [-0.39, 0.29) is 17.1 Å². The lowest BCUT2D eigenvalue weighted by Gasteiger charge is -2.16. The second kappa shape index (κ2) is 13.9. The zero-order valence-electron chi connectivity index (χ0n) is 21.4. The molecule has 0 atom stereocenters. The number of phenolic OH excluding ortho intramolecular Hbond substituents is 1. The van der Waals surface area contributed by atoms with Crippen molar-refractivity contribution in [1.29, 1.82) is 0 Å². The molecular formula is C29H39NO4S. The van der Waals surface area contributed by atoms with Gasteiger partial charge in [0.2, 0.25) is 5.91 Å². The van der Waals surface area contributed by atoms with Gasteiger partial charge in [0, 0.05) is 0 Å². The molecule has 0 bridgehead atoms. The van der Waals surface area contributed by atoms with Crippen LogP contribution in [-0.2, 0) is 34.1 Å². The Kier molecular flexibility index (Phi) is 11.3. The quantitative estimate of drug-likeness (QED) is 0.247. The molecule has 0 unspecified atom stereocenters. The van der Waals surface area contributed by atoms with Crippen molar-refractivity contribution in [2.24, 2.45) is 0 Å². The number of phenols is 1. The predicted octanol–water partition coefficient (Wildman–Crippen LogP) is 6.41. The van der Waals surface area contributed by atoms with Crippen LogP contribution in [0.25, 0.3) is 0 Å². The number of nitrogens with one attached hydrogen (secondary N) is 1. The number of sulfonamides is 1. The van der Waals surface area contributed by atoms with E-state index in [1.807, 2.05) is 19.1 Å². The lowest BCUT2D eigenvalue weighted by atomic mass is 10.0. The summed E-state index contributed by atoms with van der Waals surface area (Å²) in [5, 5.41) is 11.1. The number of allylic oxidation sites excluding steroid dienone is 4. The van der Waals surface area contributed by atoms with E-state index in [2.05, 4.69) is 31.6 Å². The van der Waals surface area contributed by atoms with Crippen LogP contribution in [0.1, 0.15) is 76.5 Å². The molecule has 2 N–H and O–H groups in total. The summed E-state index contributed by atoms with van der Waals surface area (Å²) in [5.74, 6) is -0.900. The molecule has 0 fully saturated rings. The van der Waals surface area contributed by atoms with Gasteiger partial charge in [-0.05, 0) is 69.6 Å². The number of aryl methyl sites for hydroxylation is 1. The molecule has 0 saturated heterocycles. The fraction of sp³-hybridized carbons (Fsp3) is 0.414. The Bertz CT molecular complexity index is 1140. The average molecular weight is 498 g/mol. The number of hydrogen-bond donors (Lipinski definition) is 2. The van der Waals surface area contributed by atoms with E-state index in [4.69, 9.17) is 0 Å². The third-order valence-electron chi connectivity index (χ3n) is 5.83. The van der Waals surface area contributed by atoms with Crippen LogP contribution < -0.4 is 4.72 Å². The van der Waals surface area contributed by atoms with Crippen molar-refractivity contribution in [3.8, 4) is 5.75 Å². The minimum Gasteiger partial charge on any atom is -0.506 e. The molecule has 6 heteroatoms. The summed E-state index contributed by atoms with van der Waals surface area (Å²) in [6, 6.07) is 12.5. The maximum absolute atomic E-state index is 13.3. The Labute approximate surface area is 211 Å². The summed E-state index contributed by atoms with van der Waals surface area (Å²) in [4.78, 5) is 12.4. The lowest BCUT2D eigenvalue weighted by molar-refractivity contribution is -0.118. The molecule has 1 amide bonds. The van der Waals surface area contributed by atoms with Gasteiger partial charge in [0.1, 0.15) is 10.6 Å². The number of hydrogen-bond acceptors (Lipinski definition) is 4. The van der Waals surface area contributed by atoms with Crippen LogP contribution >= 0.6 is 0 Å². The van der Waals surface area contributed by atoms with E-state index in [0.29, 0.717) is 24.0 Å². The Morgan fingerprint density at radius 2 is 1.66 bits per heavy atom. The number of aromatic hydroxyl groups is 1. The van der Waals surface area contributed by atoms with Crippen molar-refractivity contribution >= 4 is 15.9 Å². The maximum Gasteiger partial charge on any atom is 0.268 e. The van der Waals surface area contributed by atoms with Gasteiger partial charge in [0.25, 0.3) is 10.0 Å². The third-order valence-corrected chi connectivity index (χ3v) is 7.32. The molecule has 0 saturated carbocycles. The van der Waals surface area contributed by atoms with E-state index in [9.17, 15) is 18.3 Å². The highest BCUT2D eigenvalue weighted by Crippen LogP contribution is 2.32. The van der Waals surface area contributed by atoms with Crippen molar-refractivity contribution < 1.29 is 18.3 Å². The van der Waals surface area contributed by atoms with Gasteiger partial charge in [-0.3, -0.25) is 4.79 Å². The highest BCUT2D eigenvalue weighted by molar-refractivity contribution is 7.90. The summed E-state index contributed by atoms with van der Waals surface area (Å²) < 4.78 is 28.8. The Morgan fingerprint density at radius 3 is 2.31 bits per heavy atom. The molecule has 0 aliphatic rings. The van der Waals surface area contributed by atoms with Crippen LogP contribution in [0.4, 0.5) is 0 Å². The van der Waals surface area contributed by atoms with Gasteiger partial charge in [-0.1, -0.05) is 85.5 Å². The fourth-order valence-corrected chi connectivity index (χ4v) is 5.25. The summed E-state index contributed by atoms with van der Waals surface area (Å²) in [6.07, 6.45) is 9.69. The first-order valence-corrected chi connectivity index (χ1v) is 13.8. The van der Waals surface area contributed by atoms with Crippen molar-refractivity contribution in [3.05, 3.63) is 82.5 Å². The molecule has 0 radical (unpaired) electrons. The molecule has 0 spiro atoms. The average Bonchev–Trinajstić information content (AvgIpc) is 2.78. The predicted molar refractivity (Wildman–Crippen MR) is 143 cm³/mol. The number of amides is 1. The SMILES string of the molecule is CCCCCc1ccc(C/C=C(\C)CCC=C(C)C)c(O)c1S(=O)(=O)NC(=O)Cc1ccccc1. The van der Waals surface area contributed by atoms with Gasteiger partial charge in [-0.15, -0.1) is 0 Å². The van der Waals surface area contributed by atoms with Crippen molar-refractivity contribution in [3.63, 3.8) is 0 Å². The standard InChI is InChI=1S/C29H39NO4S/c1-5-6-8-16-26-20-19-25(18-17-23(4)13-11-12-22(2)3)28(32)29(26)35(33,34)30-27(31)21-24-14-9-7-10-15-24/h7,9-10,12,14-15,17,19-20,32H,5-6,8,11,13,16,18,21H2,1-4H3,(H,30,31)/b23-17+. The van der Waals surface area contributed by atoms with E-state index in [1.54, 1.807) is 36.4 Å². The topological polar surface area (TPSA) is 83.5 Å². The number of carbonyl (C=O) groups excluding carboxylic acids is 1. The zero-order chi connectivity index (χ0) is 25.8. The van der Waals surface area contributed by atoms with Crippen molar-refractivity contribution in [1.82, 2.24) is 4.72 Å². The molecule has 2 aromatic carbocycles. The van der Waals surface area contributed by atoms with Crippen LogP contribution in [0, 0.1) is 0 Å². The third kappa shape index (κ3) is 9.36. The van der Waals surface area contributed by atoms with Crippen molar-refractivity contribution in [2.75, 3.05) is 0 Å². The van der Waals surface area contributed by atoms with Crippen LogP contribution in [0.5, 0.6) is 5.75 Å². The normalized spacial score (nSPS) is 11.8. The van der Waals surface area contributed by atoms with Gasteiger partial charge < -0.3 is 5.11 Å².